The molecule has 0 saturated carbocycles. The van der Waals surface area contributed by atoms with Gasteiger partial charge in [0.25, 0.3) is 0 Å². The number of benzene rings is 1. The van der Waals surface area contributed by atoms with E-state index in [1.54, 1.807) is 12.1 Å². The fraction of sp³-hybridized carbons (Fsp3) is 0.474. The number of rotatable bonds is 1. The number of Topliss-reactive ketones (excluding diaryl/α,β-unsaturated/α-hetero) is 1. The maximum absolute atomic E-state index is 11.9. The average molecular weight is 378 g/mol. The number of carbonyl (C=O) groups excluding carboxylic acids is 1. The van der Waals surface area contributed by atoms with E-state index in [1.807, 2.05) is 0 Å². The summed E-state index contributed by atoms with van der Waals surface area (Å²) in [5.41, 5.74) is -0.363. The van der Waals surface area contributed by atoms with Gasteiger partial charge in [-0.1, -0.05) is 0 Å². The van der Waals surface area contributed by atoms with E-state index < -0.39 is 5.63 Å². The van der Waals surface area contributed by atoms with Gasteiger partial charge in [0.05, 0.1) is 39.6 Å². The number of hydrogen-bond acceptors (Lipinski definition) is 8. The maximum atomic E-state index is 11.9. The van der Waals surface area contributed by atoms with Gasteiger partial charge in [-0.2, -0.15) is 0 Å². The zero-order valence-electron chi connectivity index (χ0n) is 15.2. The molecular weight excluding hydrogens is 356 g/mol. The Labute approximate surface area is 155 Å². The first-order valence-corrected chi connectivity index (χ1v) is 8.77. The highest BCUT2D eigenvalue weighted by Crippen LogP contribution is 2.32. The van der Waals surface area contributed by atoms with Gasteiger partial charge < -0.3 is 28.1 Å². The Bertz CT molecular complexity index is 841. The van der Waals surface area contributed by atoms with Crippen LogP contribution < -0.4 is 15.1 Å². The minimum absolute atomic E-state index is 0.00255. The molecule has 1 aromatic heterocycles. The molecule has 0 N–H and O–H groups in total. The van der Waals surface area contributed by atoms with Crippen molar-refractivity contribution in [2.75, 3.05) is 52.9 Å². The maximum Gasteiger partial charge on any atom is 0.347 e. The number of carbonyl (C=O) groups is 1. The Morgan fingerprint density at radius 3 is 1.85 bits per heavy atom. The Morgan fingerprint density at radius 1 is 0.778 bits per heavy atom. The molecule has 0 bridgehead atoms. The van der Waals surface area contributed by atoms with E-state index in [-0.39, 0.29) is 11.3 Å². The molecule has 2 heterocycles. The van der Waals surface area contributed by atoms with Crippen molar-refractivity contribution in [1.29, 1.82) is 0 Å². The third kappa shape index (κ3) is 5.29. The quantitative estimate of drug-likeness (QED) is 0.548. The van der Waals surface area contributed by atoms with Crippen molar-refractivity contribution in [3.05, 3.63) is 34.2 Å². The van der Waals surface area contributed by atoms with Gasteiger partial charge in [0.15, 0.2) is 17.3 Å². The summed E-state index contributed by atoms with van der Waals surface area (Å²) in [7, 11) is 0. The fourth-order valence-electron chi connectivity index (χ4n) is 2.56. The lowest BCUT2D eigenvalue weighted by Gasteiger charge is -2.14. The van der Waals surface area contributed by atoms with Crippen LogP contribution in [0.5, 0.6) is 11.5 Å². The van der Waals surface area contributed by atoms with Crippen LogP contribution in [-0.4, -0.2) is 58.6 Å². The predicted molar refractivity (Wildman–Crippen MR) is 95.9 cm³/mol. The summed E-state index contributed by atoms with van der Waals surface area (Å²) in [5, 5.41) is 0.575. The van der Waals surface area contributed by atoms with Crippen molar-refractivity contribution in [1.82, 2.24) is 0 Å². The molecule has 8 heteroatoms. The summed E-state index contributed by atoms with van der Waals surface area (Å²) in [5.74, 6) is 0.545. The highest BCUT2D eigenvalue weighted by molar-refractivity contribution is 5.96. The largest absolute Gasteiger partial charge is 0.487 e. The summed E-state index contributed by atoms with van der Waals surface area (Å²) < 4.78 is 33.0. The molecule has 146 valence electrons. The lowest BCUT2D eigenvalue weighted by Crippen LogP contribution is -2.13. The number of ketones is 1. The zero-order valence-corrected chi connectivity index (χ0v) is 15.2. The van der Waals surface area contributed by atoms with Gasteiger partial charge in [-0.15, -0.1) is 0 Å². The van der Waals surface area contributed by atoms with E-state index in [0.717, 1.165) is 0 Å². The SMILES string of the molecule is CC(=O)c1cc2cc3c(cc2oc1=O)OCCOCCOCCOCCO3. The Hall–Kier alpha value is -2.42. The van der Waals surface area contributed by atoms with Crippen LogP contribution in [-0.2, 0) is 14.2 Å². The van der Waals surface area contributed by atoms with Gasteiger partial charge >= 0.3 is 5.63 Å². The summed E-state index contributed by atoms with van der Waals surface area (Å²) in [4.78, 5) is 23.5. The first kappa shape index (κ1) is 19.3. The summed E-state index contributed by atoms with van der Waals surface area (Å²) in [6, 6.07) is 4.76. The molecule has 0 spiro atoms. The van der Waals surface area contributed by atoms with Crippen molar-refractivity contribution in [2.24, 2.45) is 0 Å². The normalized spacial score (nSPS) is 17.1. The van der Waals surface area contributed by atoms with Crippen LogP contribution in [0, 0.1) is 0 Å². The molecular formula is C19H22O8. The minimum atomic E-state index is -0.676. The van der Waals surface area contributed by atoms with Crippen LogP contribution in [0.2, 0.25) is 0 Å². The minimum Gasteiger partial charge on any atom is -0.487 e. The highest BCUT2D eigenvalue weighted by atomic mass is 16.6. The zero-order chi connectivity index (χ0) is 19.1. The van der Waals surface area contributed by atoms with E-state index in [9.17, 15) is 9.59 Å². The van der Waals surface area contributed by atoms with Crippen molar-refractivity contribution in [3.63, 3.8) is 0 Å². The first-order chi connectivity index (χ1) is 13.1. The highest BCUT2D eigenvalue weighted by Gasteiger charge is 2.14. The summed E-state index contributed by atoms with van der Waals surface area (Å²) in [6.45, 7) is 4.62. The summed E-state index contributed by atoms with van der Waals surface area (Å²) in [6.07, 6.45) is 0. The second kappa shape index (κ2) is 9.50. The van der Waals surface area contributed by atoms with Gasteiger partial charge in [-0.3, -0.25) is 4.79 Å². The van der Waals surface area contributed by atoms with Crippen LogP contribution in [0.1, 0.15) is 17.3 Å². The molecule has 8 nitrogen and oxygen atoms in total. The molecule has 3 rings (SSSR count). The third-order valence-electron chi connectivity index (χ3n) is 3.89. The van der Waals surface area contributed by atoms with Gasteiger partial charge in [-0.25, -0.2) is 4.79 Å². The molecule has 0 atom stereocenters. The molecule has 27 heavy (non-hydrogen) atoms. The van der Waals surface area contributed by atoms with Crippen molar-refractivity contribution >= 4 is 16.8 Å². The molecule has 1 aliphatic heterocycles. The fourth-order valence-corrected chi connectivity index (χ4v) is 2.56. The summed E-state index contributed by atoms with van der Waals surface area (Å²) >= 11 is 0. The van der Waals surface area contributed by atoms with E-state index in [0.29, 0.717) is 75.3 Å². The predicted octanol–water partition coefficient (Wildman–Crippen LogP) is 1.82. The molecule has 1 aromatic carbocycles. The van der Waals surface area contributed by atoms with Gasteiger partial charge in [0.1, 0.15) is 24.4 Å². The van der Waals surface area contributed by atoms with Crippen LogP contribution in [0.4, 0.5) is 0 Å². The first-order valence-electron chi connectivity index (χ1n) is 8.77. The molecule has 0 amide bonds. The monoisotopic (exact) mass is 378 g/mol. The van der Waals surface area contributed by atoms with E-state index in [1.165, 1.54) is 13.0 Å². The second-order valence-electron chi connectivity index (χ2n) is 5.87. The third-order valence-corrected chi connectivity index (χ3v) is 3.89. The Morgan fingerprint density at radius 2 is 1.30 bits per heavy atom. The Kier molecular flexibility index (Phi) is 6.80. The van der Waals surface area contributed by atoms with E-state index in [2.05, 4.69) is 0 Å². The van der Waals surface area contributed by atoms with Crippen LogP contribution in [0.15, 0.2) is 27.4 Å². The molecule has 0 fully saturated rings. The Balaban J connectivity index is 1.87. The van der Waals surface area contributed by atoms with Gasteiger partial charge in [0.2, 0.25) is 0 Å². The van der Waals surface area contributed by atoms with Crippen molar-refractivity contribution < 1.29 is 32.9 Å². The average Bonchev–Trinajstić information content (AvgIpc) is 2.65. The molecule has 0 saturated heterocycles. The number of hydrogen-bond donors (Lipinski definition) is 0. The lowest BCUT2D eigenvalue weighted by atomic mass is 10.1. The lowest BCUT2D eigenvalue weighted by molar-refractivity contribution is 0.00708. The van der Waals surface area contributed by atoms with E-state index in [4.69, 9.17) is 28.1 Å². The molecule has 2 aromatic rings. The molecule has 0 unspecified atom stereocenters. The molecule has 1 aliphatic rings. The van der Waals surface area contributed by atoms with Crippen LogP contribution in [0.25, 0.3) is 11.0 Å². The topological polar surface area (TPSA) is 93.4 Å². The molecule has 0 radical (unpaired) electrons. The standard InChI is InChI=1S/C19H22O8/c1-13(20)15-10-14-11-17-18(12-16(14)27-19(15)21)26-9-7-24-5-3-22-2-4-23-6-8-25-17/h10-12H,2-9H2,1H3. The second-order valence-corrected chi connectivity index (χ2v) is 5.87. The smallest absolute Gasteiger partial charge is 0.347 e. The van der Waals surface area contributed by atoms with Crippen LogP contribution in [0.3, 0.4) is 0 Å². The number of ether oxygens (including phenoxy) is 5. The molecule has 0 aliphatic carbocycles. The van der Waals surface area contributed by atoms with Crippen molar-refractivity contribution in [2.45, 2.75) is 6.92 Å². The van der Waals surface area contributed by atoms with Crippen molar-refractivity contribution in [3.8, 4) is 11.5 Å². The van der Waals surface area contributed by atoms with Crippen LogP contribution >= 0.6 is 0 Å². The van der Waals surface area contributed by atoms with Gasteiger partial charge in [0, 0.05) is 11.5 Å². The van der Waals surface area contributed by atoms with Gasteiger partial charge in [-0.05, 0) is 19.1 Å². The number of fused-ring (bicyclic) bond motifs is 2. The van der Waals surface area contributed by atoms with E-state index >= 15 is 0 Å².